The molecule has 9 heteroatoms. The van der Waals surface area contributed by atoms with Crippen molar-refractivity contribution in [1.29, 1.82) is 0 Å². The molecule has 0 fully saturated rings. The van der Waals surface area contributed by atoms with E-state index in [0.29, 0.717) is 5.95 Å². The number of aromatic nitrogens is 2. The SMILES string of the molecule is CNc1ncc(S(=O)(=O)NCC(=O)NC(C)C)cn1. The molecule has 1 aromatic rings. The predicted octanol–water partition coefficient (Wildman–Crippen LogP) is -0.679. The van der Waals surface area contributed by atoms with Crippen LogP contribution in [0.3, 0.4) is 0 Å². The first-order valence-corrected chi connectivity index (χ1v) is 7.12. The van der Waals surface area contributed by atoms with Gasteiger partial charge >= 0.3 is 0 Å². The molecule has 1 amide bonds. The van der Waals surface area contributed by atoms with Gasteiger partial charge in [0.2, 0.25) is 21.9 Å². The minimum atomic E-state index is -3.78. The van der Waals surface area contributed by atoms with E-state index in [1.807, 2.05) is 0 Å². The number of carbonyl (C=O) groups is 1. The normalized spacial score (nSPS) is 11.4. The number of nitrogens with zero attached hydrogens (tertiary/aromatic N) is 2. The molecule has 0 aromatic carbocycles. The fourth-order valence-electron chi connectivity index (χ4n) is 1.20. The van der Waals surface area contributed by atoms with Crippen LogP contribution in [-0.4, -0.2) is 43.9 Å². The van der Waals surface area contributed by atoms with E-state index in [4.69, 9.17) is 0 Å². The number of anilines is 1. The molecule has 1 rings (SSSR count). The Bertz CT molecular complexity index is 527. The van der Waals surface area contributed by atoms with Crippen LogP contribution in [0.2, 0.25) is 0 Å². The highest BCUT2D eigenvalue weighted by Crippen LogP contribution is 2.06. The topological polar surface area (TPSA) is 113 Å². The van der Waals surface area contributed by atoms with E-state index in [0.717, 1.165) is 0 Å². The lowest BCUT2D eigenvalue weighted by Crippen LogP contribution is -2.39. The van der Waals surface area contributed by atoms with Crippen LogP contribution in [0.15, 0.2) is 17.3 Å². The second kappa shape index (κ2) is 6.43. The maximum absolute atomic E-state index is 11.8. The summed E-state index contributed by atoms with van der Waals surface area (Å²) >= 11 is 0. The zero-order chi connectivity index (χ0) is 14.5. The Morgan fingerprint density at radius 3 is 2.37 bits per heavy atom. The summed E-state index contributed by atoms with van der Waals surface area (Å²) in [6.45, 7) is 3.25. The maximum atomic E-state index is 11.8. The summed E-state index contributed by atoms with van der Waals surface area (Å²) in [5, 5.41) is 5.25. The quantitative estimate of drug-likeness (QED) is 0.639. The Kier molecular flexibility index (Phi) is 5.19. The van der Waals surface area contributed by atoms with Crippen LogP contribution in [0.25, 0.3) is 0 Å². The average Bonchev–Trinajstić information content (AvgIpc) is 2.36. The predicted molar refractivity (Wildman–Crippen MR) is 70.0 cm³/mol. The highest BCUT2D eigenvalue weighted by atomic mass is 32.2. The van der Waals surface area contributed by atoms with Crippen molar-refractivity contribution < 1.29 is 13.2 Å². The van der Waals surface area contributed by atoms with Gasteiger partial charge in [0.05, 0.1) is 18.9 Å². The van der Waals surface area contributed by atoms with Crippen LogP contribution in [-0.2, 0) is 14.8 Å². The van der Waals surface area contributed by atoms with Crippen molar-refractivity contribution in [2.24, 2.45) is 0 Å². The summed E-state index contributed by atoms with van der Waals surface area (Å²) in [5.74, 6) is -0.0807. The molecule has 0 spiro atoms. The number of rotatable bonds is 6. The first-order chi connectivity index (χ1) is 8.85. The van der Waals surface area contributed by atoms with E-state index >= 15 is 0 Å². The summed E-state index contributed by atoms with van der Waals surface area (Å²) in [6.07, 6.45) is 2.34. The molecule has 0 aliphatic carbocycles. The van der Waals surface area contributed by atoms with Gasteiger partial charge in [-0.1, -0.05) is 0 Å². The van der Waals surface area contributed by atoms with Gasteiger partial charge in [-0.2, -0.15) is 0 Å². The van der Waals surface area contributed by atoms with Crippen molar-refractivity contribution in [2.45, 2.75) is 24.8 Å². The Morgan fingerprint density at radius 2 is 1.89 bits per heavy atom. The van der Waals surface area contributed by atoms with Gasteiger partial charge < -0.3 is 10.6 Å². The molecule has 0 unspecified atom stereocenters. The number of nitrogens with one attached hydrogen (secondary N) is 3. The van der Waals surface area contributed by atoms with Crippen LogP contribution in [0.5, 0.6) is 0 Å². The van der Waals surface area contributed by atoms with Crippen molar-refractivity contribution in [2.75, 3.05) is 18.9 Å². The molecule has 0 atom stereocenters. The lowest BCUT2D eigenvalue weighted by Gasteiger charge is -2.09. The second-order valence-electron chi connectivity index (χ2n) is 4.04. The molecule has 106 valence electrons. The maximum Gasteiger partial charge on any atom is 0.244 e. The van der Waals surface area contributed by atoms with Gasteiger partial charge in [0.1, 0.15) is 4.90 Å². The molecule has 1 aromatic heterocycles. The number of hydrogen-bond donors (Lipinski definition) is 3. The van der Waals surface area contributed by atoms with Crippen LogP contribution >= 0.6 is 0 Å². The average molecular weight is 287 g/mol. The summed E-state index contributed by atoms with van der Waals surface area (Å²) in [5.41, 5.74) is 0. The van der Waals surface area contributed by atoms with Crippen LogP contribution in [0.4, 0.5) is 5.95 Å². The van der Waals surface area contributed by atoms with E-state index in [1.165, 1.54) is 12.4 Å². The number of carbonyl (C=O) groups excluding carboxylic acids is 1. The van der Waals surface area contributed by atoms with E-state index in [2.05, 4.69) is 25.3 Å². The van der Waals surface area contributed by atoms with Gasteiger partial charge in [0.25, 0.3) is 0 Å². The Balaban J connectivity index is 2.67. The number of amides is 1. The van der Waals surface area contributed by atoms with E-state index in [9.17, 15) is 13.2 Å². The van der Waals surface area contributed by atoms with Crippen molar-refractivity contribution in [3.05, 3.63) is 12.4 Å². The molecule has 0 radical (unpaired) electrons. The molecule has 19 heavy (non-hydrogen) atoms. The van der Waals surface area contributed by atoms with Crippen LogP contribution < -0.4 is 15.4 Å². The molecule has 8 nitrogen and oxygen atoms in total. The molecule has 0 aliphatic heterocycles. The lowest BCUT2D eigenvalue weighted by atomic mass is 10.4. The molecular weight excluding hydrogens is 270 g/mol. The van der Waals surface area contributed by atoms with Crippen molar-refractivity contribution in [1.82, 2.24) is 20.0 Å². The first-order valence-electron chi connectivity index (χ1n) is 5.64. The van der Waals surface area contributed by atoms with Crippen LogP contribution in [0.1, 0.15) is 13.8 Å². The highest BCUT2D eigenvalue weighted by Gasteiger charge is 2.16. The summed E-state index contributed by atoms with van der Waals surface area (Å²) < 4.78 is 25.8. The molecular formula is C10H17N5O3S. The fraction of sp³-hybridized carbons (Fsp3) is 0.500. The lowest BCUT2D eigenvalue weighted by molar-refractivity contribution is -0.120. The zero-order valence-electron chi connectivity index (χ0n) is 11.0. The van der Waals surface area contributed by atoms with Gasteiger partial charge in [0, 0.05) is 13.1 Å². The third kappa shape index (κ3) is 4.79. The Labute approximate surface area is 112 Å². The first kappa shape index (κ1) is 15.3. The minimum absolute atomic E-state index is 0.0461. The number of sulfonamides is 1. The van der Waals surface area contributed by atoms with Gasteiger partial charge in [-0.3, -0.25) is 4.79 Å². The monoisotopic (exact) mass is 287 g/mol. The Hall–Kier alpha value is -1.74. The summed E-state index contributed by atoms with van der Waals surface area (Å²) in [4.78, 5) is 18.9. The molecule has 0 saturated heterocycles. The van der Waals surface area contributed by atoms with E-state index in [1.54, 1.807) is 20.9 Å². The summed E-state index contributed by atoms with van der Waals surface area (Å²) in [7, 11) is -2.16. The standard InChI is InChI=1S/C10H17N5O3S/c1-7(2)15-9(16)6-14-19(17,18)8-4-12-10(11-3)13-5-8/h4-5,7,14H,6H2,1-3H3,(H,15,16)(H,11,12,13). The van der Waals surface area contributed by atoms with Crippen LogP contribution in [0, 0.1) is 0 Å². The van der Waals surface area contributed by atoms with Gasteiger partial charge in [-0.25, -0.2) is 23.1 Å². The molecule has 0 saturated carbocycles. The fourth-order valence-corrected chi connectivity index (χ4v) is 2.07. The van der Waals surface area contributed by atoms with Crippen molar-refractivity contribution in [3.8, 4) is 0 Å². The van der Waals surface area contributed by atoms with E-state index < -0.39 is 15.9 Å². The highest BCUT2D eigenvalue weighted by molar-refractivity contribution is 7.89. The molecule has 1 heterocycles. The smallest absolute Gasteiger partial charge is 0.244 e. The van der Waals surface area contributed by atoms with Gasteiger partial charge in [0.15, 0.2) is 0 Å². The third-order valence-corrected chi connectivity index (χ3v) is 3.39. The Morgan fingerprint density at radius 1 is 1.32 bits per heavy atom. The van der Waals surface area contributed by atoms with Crippen molar-refractivity contribution in [3.63, 3.8) is 0 Å². The molecule has 3 N–H and O–H groups in total. The van der Waals surface area contributed by atoms with Gasteiger partial charge in [-0.05, 0) is 13.8 Å². The minimum Gasteiger partial charge on any atom is -0.357 e. The van der Waals surface area contributed by atoms with Gasteiger partial charge in [-0.15, -0.1) is 0 Å². The number of hydrogen-bond acceptors (Lipinski definition) is 6. The third-order valence-electron chi connectivity index (χ3n) is 2.03. The second-order valence-corrected chi connectivity index (χ2v) is 5.81. The summed E-state index contributed by atoms with van der Waals surface area (Å²) in [6, 6.07) is -0.0461. The zero-order valence-corrected chi connectivity index (χ0v) is 11.8. The molecule has 0 aliphatic rings. The molecule has 0 bridgehead atoms. The van der Waals surface area contributed by atoms with E-state index in [-0.39, 0.29) is 17.5 Å². The largest absolute Gasteiger partial charge is 0.357 e. The van der Waals surface area contributed by atoms with Crippen molar-refractivity contribution >= 4 is 21.9 Å².